The molecule has 2 heterocycles. The lowest BCUT2D eigenvalue weighted by molar-refractivity contribution is -0.123. The lowest BCUT2D eigenvalue weighted by atomic mass is 10.1. The topological polar surface area (TPSA) is 43.9 Å². The van der Waals surface area contributed by atoms with E-state index in [1.165, 1.54) is 11.0 Å². The molecule has 5 nitrogen and oxygen atoms in total. The molecule has 0 radical (unpaired) electrons. The lowest BCUT2D eigenvalue weighted by Gasteiger charge is -2.38. The lowest BCUT2D eigenvalue weighted by Crippen LogP contribution is -2.52. The molecule has 2 aliphatic heterocycles. The summed E-state index contributed by atoms with van der Waals surface area (Å²) in [6, 6.07) is 13.9. The van der Waals surface area contributed by atoms with Crippen molar-refractivity contribution in [3.05, 3.63) is 59.9 Å². The van der Waals surface area contributed by atoms with Gasteiger partial charge in [0.15, 0.2) is 0 Å². The van der Waals surface area contributed by atoms with E-state index in [-0.39, 0.29) is 24.1 Å². The maximum absolute atomic E-state index is 14.0. The number of carbonyl (C=O) groups is 2. The molecular formula is C22H24FN3O2. The Bertz CT molecular complexity index is 893. The molecule has 4 rings (SSSR count). The van der Waals surface area contributed by atoms with E-state index in [2.05, 4.69) is 4.90 Å². The molecule has 0 saturated carbocycles. The molecule has 6 heteroatoms. The van der Waals surface area contributed by atoms with Gasteiger partial charge in [-0.3, -0.25) is 14.5 Å². The molecule has 2 aromatic rings. The van der Waals surface area contributed by atoms with Crippen molar-refractivity contribution in [1.82, 2.24) is 4.90 Å². The van der Waals surface area contributed by atoms with Crippen molar-refractivity contribution in [3.63, 3.8) is 0 Å². The zero-order chi connectivity index (χ0) is 19.7. The molecule has 2 aromatic carbocycles. The second-order valence-electron chi connectivity index (χ2n) is 7.24. The van der Waals surface area contributed by atoms with Crippen molar-refractivity contribution < 1.29 is 14.0 Å². The Kier molecular flexibility index (Phi) is 5.13. The van der Waals surface area contributed by atoms with Crippen LogP contribution in [0.4, 0.5) is 15.8 Å². The minimum atomic E-state index is -0.430. The zero-order valence-corrected chi connectivity index (χ0v) is 16.0. The van der Waals surface area contributed by atoms with Crippen LogP contribution in [-0.2, 0) is 16.0 Å². The van der Waals surface area contributed by atoms with E-state index in [0.717, 1.165) is 12.0 Å². The summed E-state index contributed by atoms with van der Waals surface area (Å²) in [5.74, 6) is -0.525. The third kappa shape index (κ3) is 3.29. The predicted molar refractivity (Wildman–Crippen MR) is 107 cm³/mol. The van der Waals surface area contributed by atoms with Crippen LogP contribution in [0.1, 0.15) is 18.9 Å². The Hall–Kier alpha value is -2.73. The SMILES string of the molecule is CCc1ccccc1N1C(=O)CC(N2CCN(c3ccccc3F)CC2)C1=O. The van der Waals surface area contributed by atoms with Crippen molar-refractivity contribution >= 4 is 23.2 Å². The number of aryl methyl sites for hydroxylation is 1. The van der Waals surface area contributed by atoms with Gasteiger partial charge in [-0.15, -0.1) is 0 Å². The van der Waals surface area contributed by atoms with Gasteiger partial charge in [-0.25, -0.2) is 9.29 Å². The Labute approximate surface area is 164 Å². The summed E-state index contributed by atoms with van der Waals surface area (Å²) in [7, 11) is 0. The average molecular weight is 381 g/mol. The van der Waals surface area contributed by atoms with Crippen LogP contribution in [0.5, 0.6) is 0 Å². The Morgan fingerprint density at radius 3 is 2.25 bits per heavy atom. The number of piperazine rings is 1. The van der Waals surface area contributed by atoms with Crippen molar-refractivity contribution in [1.29, 1.82) is 0 Å². The molecule has 0 aromatic heterocycles. The van der Waals surface area contributed by atoms with Gasteiger partial charge in [0.2, 0.25) is 5.91 Å². The highest BCUT2D eigenvalue weighted by atomic mass is 19.1. The Balaban J connectivity index is 1.47. The molecule has 1 unspecified atom stereocenters. The van der Waals surface area contributed by atoms with Gasteiger partial charge < -0.3 is 4.90 Å². The number of nitrogens with zero attached hydrogens (tertiary/aromatic N) is 3. The molecule has 2 fully saturated rings. The van der Waals surface area contributed by atoms with Gasteiger partial charge in [0.1, 0.15) is 5.82 Å². The number of para-hydroxylation sites is 2. The fourth-order valence-corrected chi connectivity index (χ4v) is 4.16. The molecule has 1 atom stereocenters. The monoisotopic (exact) mass is 381 g/mol. The van der Waals surface area contributed by atoms with E-state index in [1.54, 1.807) is 12.1 Å². The van der Waals surface area contributed by atoms with Gasteiger partial charge in [0.05, 0.1) is 23.8 Å². The van der Waals surface area contributed by atoms with Gasteiger partial charge in [-0.1, -0.05) is 37.3 Å². The second-order valence-corrected chi connectivity index (χ2v) is 7.24. The molecule has 2 aliphatic rings. The van der Waals surface area contributed by atoms with Crippen LogP contribution in [0.15, 0.2) is 48.5 Å². The number of benzene rings is 2. The summed E-state index contributed by atoms with van der Waals surface area (Å²) in [4.78, 5) is 31.1. The normalized spacial score (nSPS) is 20.9. The number of amides is 2. The summed E-state index contributed by atoms with van der Waals surface area (Å²) in [6.45, 7) is 4.53. The van der Waals surface area contributed by atoms with Gasteiger partial charge >= 0.3 is 0 Å². The molecule has 0 aliphatic carbocycles. The fraction of sp³-hybridized carbons (Fsp3) is 0.364. The molecule has 2 saturated heterocycles. The molecule has 0 spiro atoms. The number of anilines is 2. The first kappa shape index (κ1) is 18.6. The zero-order valence-electron chi connectivity index (χ0n) is 16.0. The second kappa shape index (κ2) is 7.72. The molecule has 2 amide bonds. The van der Waals surface area contributed by atoms with Crippen LogP contribution in [0, 0.1) is 5.82 Å². The number of hydrogen-bond acceptors (Lipinski definition) is 4. The first-order valence-corrected chi connectivity index (χ1v) is 9.78. The first-order chi connectivity index (χ1) is 13.6. The number of hydrogen-bond donors (Lipinski definition) is 0. The van der Waals surface area contributed by atoms with Gasteiger partial charge in [0, 0.05) is 26.2 Å². The Morgan fingerprint density at radius 1 is 0.929 bits per heavy atom. The third-order valence-electron chi connectivity index (χ3n) is 5.68. The van der Waals surface area contributed by atoms with Crippen LogP contribution in [0.25, 0.3) is 0 Å². The smallest absolute Gasteiger partial charge is 0.251 e. The average Bonchev–Trinajstić information content (AvgIpc) is 3.02. The maximum atomic E-state index is 14.0. The molecule has 0 N–H and O–H groups in total. The van der Waals surface area contributed by atoms with Crippen molar-refractivity contribution in [2.45, 2.75) is 25.8 Å². The number of carbonyl (C=O) groups excluding carboxylic acids is 2. The quantitative estimate of drug-likeness (QED) is 0.764. The van der Waals surface area contributed by atoms with Gasteiger partial charge in [-0.2, -0.15) is 0 Å². The van der Waals surface area contributed by atoms with Crippen LogP contribution in [-0.4, -0.2) is 48.9 Å². The molecule has 146 valence electrons. The highest BCUT2D eigenvalue weighted by molar-refractivity contribution is 6.22. The van der Waals surface area contributed by atoms with Crippen LogP contribution in [0.3, 0.4) is 0 Å². The molecule has 28 heavy (non-hydrogen) atoms. The van der Waals surface area contributed by atoms with Crippen LogP contribution < -0.4 is 9.80 Å². The third-order valence-corrected chi connectivity index (χ3v) is 5.68. The minimum Gasteiger partial charge on any atom is -0.367 e. The highest BCUT2D eigenvalue weighted by Crippen LogP contribution is 2.30. The van der Waals surface area contributed by atoms with E-state index in [9.17, 15) is 14.0 Å². The van der Waals surface area contributed by atoms with E-state index in [1.807, 2.05) is 42.2 Å². The summed E-state index contributed by atoms with van der Waals surface area (Å²) >= 11 is 0. The summed E-state index contributed by atoms with van der Waals surface area (Å²) in [6.07, 6.45) is 0.968. The minimum absolute atomic E-state index is 0.146. The maximum Gasteiger partial charge on any atom is 0.251 e. The summed E-state index contributed by atoms with van der Waals surface area (Å²) in [5.41, 5.74) is 2.29. The van der Waals surface area contributed by atoms with Crippen LogP contribution >= 0.6 is 0 Å². The van der Waals surface area contributed by atoms with Crippen LogP contribution in [0.2, 0.25) is 0 Å². The predicted octanol–water partition coefficient (Wildman–Crippen LogP) is 2.84. The van der Waals surface area contributed by atoms with E-state index in [0.29, 0.717) is 37.6 Å². The number of imide groups is 1. The largest absolute Gasteiger partial charge is 0.367 e. The van der Waals surface area contributed by atoms with E-state index < -0.39 is 6.04 Å². The van der Waals surface area contributed by atoms with E-state index in [4.69, 9.17) is 0 Å². The summed E-state index contributed by atoms with van der Waals surface area (Å²) in [5, 5.41) is 0. The van der Waals surface area contributed by atoms with Gasteiger partial charge in [-0.05, 0) is 30.2 Å². The molecule has 0 bridgehead atoms. The summed E-state index contributed by atoms with van der Waals surface area (Å²) < 4.78 is 14.0. The number of rotatable bonds is 4. The first-order valence-electron chi connectivity index (χ1n) is 9.78. The van der Waals surface area contributed by atoms with Crippen molar-refractivity contribution in [2.75, 3.05) is 36.0 Å². The highest BCUT2D eigenvalue weighted by Gasteiger charge is 2.43. The van der Waals surface area contributed by atoms with Crippen molar-refractivity contribution in [3.8, 4) is 0 Å². The molecular weight excluding hydrogens is 357 g/mol. The van der Waals surface area contributed by atoms with Gasteiger partial charge in [0.25, 0.3) is 5.91 Å². The van der Waals surface area contributed by atoms with Crippen molar-refractivity contribution in [2.24, 2.45) is 0 Å². The standard InChI is InChI=1S/C22H24FN3O2/c1-2-16-7-3-5-9-18(16)26-21(27)15-20(22(26)28)25-13-11-24(12-14-25)19-10-6-4-8-17(19)23/h3-10,20H,2,11-15H2,1H3. The van der Waals surface area contributed by atoms with E-state index >= 15 is 0 Å². The Morgan fingerprint density at radius 2 is 1.57 bits per heavy atom. The fourth-order valence-electron chi connectivity index (χ4n) is 4.16. The number of halogens is 1.